The van der Waals surface area contributed by atoms with Gasteiger partial charge in [-0.1, -0.05) is 59.7 Å². The van der Waals surface area contributed by atoms with Crippen molar-refractivity contribution >= 4 is 56.9 Å². The molecule has 2 atom stereocenters. The van der Waals surface area contributed by atoms with Gasteiger partial charge in [-0.25, -0.2) is 9.18 Å². The SMILES string of the molecule is CCCCOC(=O)N1c2cc(F)c(Cl)c(Br)c2C[C@@]1(/C=N/[S@+]([O-])C(C)(C)C)c1ccccc1. The number of rotatable bonds is 6. The van der Waals surface area contributed by atoms with Gasteiger partial charge < -0.3 is 9.29 Å². The van der Waals surface area contributed by atoms with E-state index in [1.54, 1.807) is 0 Å². The van der Waals surface area contributed by atoms with Gasteiger partial charge in [0, 0.05) is 10.9 Å². The van der Waals surface area contributed by atoms with Gasteiger partial charge in [0.25, 0.3) is 0 Å². The molecule has 0 fully saturated rings. The van der Waals surface area contributed by atoms with Crippen LogP contribution in [0.25, 0.3) is 0 Å². The van der Waals surface area contributed by atoms with Gasteiger partial charge in [0.1, 0.15) is 27.5 Å². The molecule has 2 aromatic rings. The fraction of sp³-hybridized carbons (Fsp3) is 0.417. The number of nitrogens with zero attached hydrogens (tertiary/aromatic N) is 2. The molecule has 9 heteroatoms. The van der Waals surface area contributed by atoms with Gasteiger partial charge in [-0.3, -0.25) is 4.90 Å². The first-order chi connectivity index (χ1) is 15.5. The van der Waals surface area contributed by atoms with Crippen molar-refractivity contribution in [2.24, 2.45) is 4.40 Å². The number of anilines is 1. The first-order valence-electron chi connectivity index (χ1n) is 10.7. The lowest BCUT2D eigenvalue weighted by Crippen LogP contribution is -2.49. The van der Waals surface area contributed by atoms with Crippen LogP contribution < -0.4 is 4.90 Å². The minimum atomic E-state index is -1.57. The normalized spacial score (nSPS) is 19.1. The maximum absolute atomic E-state index is 14.7. The van der Waals surface area contributed by atoms with Gasteiger partial charge in [0.15, 0.2) is 0 Å². The summed E-state index contributed by atoms with van der Waals surface area (Å²) in [7, 11) is 0. The molecule has 0 saturated heterocycles. The number of unbranched alkanes of at least 4 members (excludes halogenated alkanes) is 1. The highest BCUT2D eigenvalue weighted by Crippen LogP contribution is 2.49. The van der Waals surface area contributed by atoms with Crippen molar-refractivity contribution in [1.82, 2.24) is 0 Å². The Morgan fingerprint density at radius 2 is 2.06 bits per heavy atom. The molecule has 5 nitrogen and oxygen atoms in total. The second-order valence-corrected chi connectivity index (χ2v) is 12.0. The van der Waals surface area contributed by atoms with Crippen LogP contribution in [0.3, 0.4) is 0 Å². The van der Waals surface area contributed by atoms with Gasteiger partial charge in [-0.05, 0) is 60.3 Å². The lowest BCUT2D eigenvalue weighted by molar-refractivity contribution is 0.148. The van der Waals surface area contributed by atoms with Crippen LogP contribution in [-0.4, -0.2) is 28.2 Å². The molecule has 2 aromatic carbocycles. The Labute approximate surface area is 210 Å². The summed E-state index contributed by atoms with van der Waals surface area (Å²) in [4.78, 5) is 14.8. The highest BCUT2D eigenvalue weighted by Gasteiger charge is 2.50. The third-order valence-corrected chi connectivity index (χ3v) is 8.21. The summed E-state index contributed by atoms with van der Waals surface area (Å²) in [5, 5.41) is -0.0629. The number of amides is 1. The Hall–Kier alpha value is -1.61. The maximum Gasteiger partial charge on any atom is 0.415 e. The van der Waals surface area contributed by atoms with Crippen LogP contribution in [0.1, 0.15) is 51.7 Å². The molecule has 0 aromatic heterocycles. The highest BCUT2D eigenvalue weighted by atomic mass is 79.9. The van der Waals surface area contributed by atoms with E-state index < -0.39 is 33.6 Å². The molecular formula is C24H27BrClFN2O3S. The lowest BCUT2D eigenvalue weighted by atomic mass is 9.87. The molecule has 178 valence electrons. The molecule has 0 radical (unpaired) electrons. The van der Waals surface area contributed by atoms with E-state index in [-0.39, 0.29) is 18.1 Å². The second-order valence-electron chi connectivity index (χ2n) is 8.85. The predicted octanol–water partition coefficient (Wildman–Crippen LogP) is 6.97. The number of fused-ring (bicyclic) bond motifs is 1. The van der Waals surface area contributed by atoms with E-state index in [4.69, 9.17) is 16.3 Å². The number of carbonyl (C=O) groups is 1. The zero-order valence-corrected chi connectivity index (χ0v) is 22.2. The second kappa shape index (κ2) is 10.3. The van der Waals surface area contributed by atoms with Crippen molar-refractivity contribution in [2.75, 3.05) is 11.5 Å². The van der Waals surface area contributed by atoms with Crippen molar-refractivity contribution in [3.63, 3.8) is 0 Å². The molecule has 1 heterocycles. The third-order valence-electron chi connectivity index (χ3n) is 5.39. The molecule has 1 aliphatic heterocycles. The zero-order chi connectivity index (χ0) is 24.4. The minimum Gasteiger partial charge on any atom is -0.591 e. The monoisotopic (exact) mass is 556 g/mol. The molecule has 1 amide bonds. The molecule has 0 aliphatic carbocycles. The van der Waals surface area contributed by atoms with Crippen molar-refractivity contribution in [2.45, 2.75) is 57.2 Å². The van der Waals surface area contributed by atoms with Crippen molar-refractivity contribution in [1.29, 1.82) is 0 Å². The quantitative estimate of drug-likeness (QED) is 0.167. The summed E-state index contributed by atoms with van der Waals surface area (Å²) in [6.45, 7) is 7.69. The van der Waals surface area contributed by atoms with E-state index in [9.17, 15) is 13.7 Å². The summed E-state index contributed by atoms with van der Waals surface area (Å²) < 4.78 is 37.2. The smallest absolute Gasteiger partial charge is 0.415 e. The summed E-state index contributed by atoms with van der Waals surface area (Å²) in [5.41, 5.74) is 0.535. The van der Waals surface area contributed by atoms with Crippen molar-refractivity contribution in [3.05, 3.63) is 62.8 Å². The maximum atomic E-state index is 14.7. The Morgan fingerprint density at radius 1 is 1.39 bits per heavy atom. The van der Waals surface area contributed by atoms with Gasteiger partial charge in [-0.15, -0.1) is 0 Å². The first-order valence-corrected chi connectivity index (χ1v) is 13.0. The van der Waals surface area contributed by atoms with Crippen molar-refractivity contribution < 1.29 is 18.5 Å². The third kappa shape index (κ3) is 5.24. The molecule has 33 heavy (non-hydrogen) atoms. The number of halogens is 3. The van der Waals surface area contributed by atoms with E-state index in [2.05, 4.69) is 20.3 Å². The molecule has 0 spiro atoms. The Morgan fingerprint density at radius 3 is 2.67 bits per heavy atom. The number of ether oxygens (including phenoxy) is 1. The van der Waals surface area contributed by atoms with Crippen LogP contribution >= 0.6 is 27.5 Å². The lowest BCUT2D eigenvalue weighted by Gasteiger charge is -2.35. The van der Waals surface area contributed by atoms with Crippen LogP contribution in [0.15, 0.2) is 45.3 Å². The Bertz CT molecular complexity index is 1050. The molecule has 0 saturated carbocycles. The predicted molar refractivity (Wildman–Crippen MR) is 136 cm³/mol. The summed E-state index contributed by atoms with van der Waals surface area (Å²) >= 11 is 8.01. The number of benzene rings is 2. The topological polar surface area (TPSA) is 65.0 Å². The molecule has 0 unspecified atom stereocenters. The molecule has 1 aliphatic rings. The van der Waals surface area contributed by atoms with E-state index in [0.717, 1.165) is 12.0 Å². The summed E-state index contributed by atoms with van der Waals surface area (Å²) in [6, 6.07) is 10.5. The molecule has 3 rings (SSSR count). The van der Waals surface area contributed by atoms with Gasteiger partial charge in [0.2, 0.25) is 0 Å². The minimum absolute atomic E-state index is 0.0629. The van der Waals surface area contributed by atoms with E-state index in [1.165, 1.54) is 17.2 Å². The van der Waals surface area contributed by atoms with Crippen LogP contribution in [0.5, 0.6) is 0 Å². The first kappa shape index (κ1) is 26.0. The number of carbonyl (C=O) groups excluding carboxylic acids is 1. The molecule has 0 N–H and O–H groups in total. The number of hydrogen-bond donors (Lipinski definition) is 0. The van der Waals surface area contributed by atoms with Crippen molar-refractivity contribution in [3.8, 4) is 0 Å². The fourth-order valence-electron chi connectivity index (χ4n) is 3.61. The fourth-order valence-corrected chi connectivity index (χ4v) is 4.90. The van der Waals surface area contributed by atoms with E-state index in [0.29, 0.717) is 22.1 Å². The summed E-state index contributed by atoms with van der Waals surface area (Å²) in [6.07, 6.45) is 2.71. The van der Waals surface area contributed by atoms with E-state index >= 15 is 0 Å². The van der Waals surface area contributed by atoms with Gasteiger partial charge >= 0.3 is 6.09 Å². The standard InChI is InChI=1S/C24H27BrClFN2O3S/c1-5-6-12-32-22(30)29-19-13-18(27)21(26)20(25)17(19)14-24(29,16-10-8-7-9-11-16)15-28-33(31)23(2,3)4/h7-11,13,15H,5-6,12,14H2,1-4H3/b28-15+/t24-,33-/m1/s1. The average Bonchev–Trinajstić information content (AvgIpc) is 3.11. The average molecular weight is 558 g/mol. The largest absolute Gasteiger partial charge is 0.591 e. The zero-order valence-electron chi connectivity index (χ0n) is 19.0. The molecular weight excluding hydrogens is 531 g/mol. The number of hydrogen-bond acceptors (Lipinski definition) is 4. The van der Waals surface area contributed by atoms with Crippen LogP contribution in [0, 0.1) is 5.82 Å². The Kier molecular flexibility index (Phi) is 8.15. The van der Waals surface area contributed by atoms with Crippen LogP contribution in [0.2, 0.25) is 5.02 Å². The summed E-state index contributed by atoms with van der Waals surface area (Å²) in [5.74, 6) is -0.660. The Balaban J connectivity index is 2.23. The molecule has 0 bridgehead atoms. The van der Waals surface area contributed by atoms with E-state index in [1.807, 2.05) is 58.0 Å². The van der Waals surface area contributed by atoms with Gasteiger partial charge in [0.05, 0.1) is 23.5 Å². The van der Waals surface area contributed by atoms with Crippen LogP contribution in [0.4, 0.5) is 14.9 Å². The van der Waals surface area contributed by atoms with Crippen LogP contribution in [-0.2, 0) is 28.1 Å². The van der Waals surface area contributed by atoms with Gasteiger partial charge in [-0.2, -0.15) is 0 Å². The highest BCUT2D eigenvalue weighted by molar-refractivity contribution is 9.10.